The van der Waals surface area contributed by atoms with Gasteiger partial charge in [0, 0.05) is 0 Å². The Balaban J connectivity index is 2.08. The number of ether oxygens (including phenoxy) is 3. The highest BCUT2D eigenvalue weighted by Crippen LogP contribution is 2.30. The van der Waals surface area contributed by atoms with Gasteiger partial charge in [-0.05, 0) is 69.5 Å². The van der Waals surface area contributed by atoms with E-state index in [1.54, 1.807) is 0 Å². The van der Waals surface area contributed by atoms with Gasteiger partial charge in [-0.2, -0.15) is 0 Å². The fourth-order valence-electron chi connectivity index (χ4n) is 2.90. The Bertz CT molecular complexity index is 775. The van der Waals surface area contributed by atoms with E-state index < -0.39 is 6.10 Å². The maximum absolute atomic E-state index is 12.7. The topological polar surface area (TPSA) is 56.8 Å². The van der Waals surface area contributed by atoms with Gasteiger partial charge >= 0.3 is 0 Å². The molecule has 2 aromatic carbocycles. The first-order valence-electron chi connectivity index (χ1n) is 9.91. The van der Waals surface area contributed by atoms with Crippen molar-refractivity contribution >= 4 is 5.91 Å². The molecule has 0 aliphatic rings. The summed E-state index contributed by atoms with van der Waals surface area (Å²) in [5, 5.41) is 3.04. The Kier molecular flexibility index (Phi) is 8.18. The Morgan fingerprint density at radius 2 is 1.71 bits per heavy atom. The molecule has 0 saturated carbocycles. The van der Waals surface area contributed by atoms with E-state index in [2.05, 4.69) is 5.32 Å². The number of carbonyl (C=O) groups is 1. The second-order valence-corrected chi connectivity index (χ2v) is 6.63. The quantitative estimate of drug-likeness (QED) is 0.637. The minimum Gasteiger partial charge on any atom is -0.490 e. The molecular formula is C23H31NO4. The lowest BCUT2D eigenvalue weighted by Gasteiger charge is -2.22. The first-order valence-corrected chi connectivity index (χ1v) is 9.91. The number of benzene rings is 2. The lowest BCUT2D eigenvalue weighted by Crippen LogP contribution is -2.39. The smallest absolute Gasteiger partial charge is 0.261 e. The molecule has 0 radical (unpaired) electrons. The molecule has 0 saturated heterocycles. The molecule has 0 aromatic heterocycles. The zero-order valence-electron chi connectivity index (χ0n) is 17.5. The van der Waals surface area contributed by atoms with Crippen LogP contribution in [0.1, 0.15) is 51.3 Å². The molecule has 5 nitrogen and oxygen atoms in total. The molecule has 152 valence electrons. The molecule has 2 rings (SSSR count). The van der Waals surface area contributed by atoms with Gasteiger partial charge in [-0.1, -0.05) is 25.1 Å². The Labute approximate surface area is 168 Å². The number of rotatable bonds is 10. The van der Waals surface area contributed by atoms with Gasteiger partial charge in [0.25, 0.3) is 5.91 Å². The lowest BCUT2D eigenvalue weighted by molar-refractivity contribution is -0.128. The summed E-state index contributed by atoms with van der Waals surface area (Å²) in [5.74, 6) is 1.96. The van der Waals surface area contributed by atoms with Gasteiger partial charge < -0.3 is 19.5 Å². The second-order valence-electron chi connectivity index (χ2n) is 6.63. The summed E-state index contributed by atoms with van der Waals surface area (Å²) in [4.78, 5) is 12.7. The third-order valence-corrected chi connectivity index (χ3v) is 4.36. The van der Waals surface area contributed by atoms with E-state index in [-0.39, 0.29) is 11.9 Å². The summed E-state index contributed by atoms with van der Waals surface area (Å²) in [6.07, 6.45) is 0.0401. The summed E-state index contributed by atoms with van der Waals surface area (Å²) >= 11 is 0. The molecule has 1 N–H and O–H groups in total. The van der Waals surface area contributed by atoms with Crippen LogP contribution in [0.4, 0.5) is 0 Å². The van der Waals surface area contributed by atoms with Crippen LogP contribution in [0.2, 0.25) is 0 Å². The van der Waals surface area contributed by atoms with Crippen molar-refractivity contribution < 1.29 is 19.0 Å². The van der Waals surface area contributed by atoms with E-state index in [0.717, 1.165) is 11.1 Å². The van der Waals surface area contributed by atoms with Gasteiger partial charge in [-0.3, -0.25) is 4.79 Å². The van der Waals surface area contributed by atoms with Crippen LogP contribution in [0.3, 0.4) is 0 Å². The molecule has 5 heteroatoms. The number of hydrogen-bond acceptors (Lipinski definition) is 4. The van der Waals surface area contributed by atoms with E-state index in [0.29, 0.717) is 36.9 Å². The van der Waals surface area contributed by atoms with Crippen molar-refractivity contribution in [2.75, 3.05) is 13.2 Å². The predicted molar refractivity (Wildman–Crippen MR) is 111 cm³/mol. The normalized spacial score (nSPS) is 12.8. The van der Waals surface area contributed by atoms with E-state index >= 15 is 0 Å². The van der Waals surface area contributed by atoms with Crippen molar-refractivity contribution in [1.82, 2.24) is 5.32 Å². The molecule has 0 spiro atoms. The average molecular weight is 386 g/mol. The van der Waals surface area contributed by atoms with Crippen LogP contribution in [0.5, 0.6) is 17.2 Å². The summed E-state index contributed by atoms with van der Waals surface area (Å²) in [6.45, 7) is 10.9. The SMILES string of the molecule is CCOc1ccc([C@@H](C)NC(=O)[C@H](CC)Oc2cccc(C)c2)cc1OCC. The molecule has 0 aliphatic carbocycles. The van der Waals surface area contributed by atoms with Crippen LogP contribution in [0, 0.1) is 6.92 Å². The fourth-order valence-corrected chi connectivity index (χ4v) is 2.90. The minimum atomic E-state index is -0.543. The summed E-state index contributed by atoms with van der Waals surface area (Å²) in [6, 6.07) is 13.3. The van der Waals surface area contributed by atoms with Crippen molar-refractivity contribution in [3.05, 3.63) is 53.6 Å². The van der Waals surface area contributed by atoms with Crippen molar-refractivity contribution in [3.8, 4) is 17.2 Å². The van der Waals surface area contributed by atoms with Crippen molar-refractivity contribution in [3.63, 3.8) is 0 Å². The zero-order chi connectivity index (χ0) is 20.5. The van der Waals surface area contributed by atoms with Crippen LogP contribution in [-0.2, 0) is 4.79 Å². The molecule has 28 heavy (non-hydrogen) atoms. The van der Waals surface area contributed by atoms with Gasteiger partial charge in [0.05, 0.1) is 19.3 Å². The van der Waals surface area contributed by atoms with Crippen molar-refractivity contribution in [1.29, 1.82) is 0 Å². The van der Waals surface area contributed by atoms with Crippen LogP contribution < -0.4 is 19.5 Å². The Morgan fingerprint density at radius 1 is 1.00 bits per heavy atom. The number of nitrogens with one attached hydrogen (secondary N) is 1. The fraction of sp³-hybridized carbons (Fsp3) is 0.435. The largest absolute Gasteiger partial charge is 0.490 e. The molecule has 0 bridgehead atoms. The van der Waals surface area contributed by atoms with Gasteiger partial charge in [0.2, 0.25) is 0 Å². The summed E-state index contributed by atoms with van der Waals surface area (Å²) in [7, 11) is 0. The van der Waals surface area contributed by atoms with Gasteiger partial charge in [-0.25, -0.2) is 0 Å². The molecule has 0 heterocycles. The standard InChI is InChI=1S/C23H31NO4/c1-6-20(28-19-11-9-10-16(4)14-19)23(25)24-17(5)18-12-13-21(26-7-2)22(15-18)27-8-3/h9-15,17,20H,6-8H2,1-5H3,(H,24,25)/t17-,20+/m1/s1. The molecule has 0 aliphatic heterocycles. The third-order valence-electron chi connectivity index (χ3n) is 4.36. The number of hydrogen-bond donors (Lipinski definition) is 1. The van der Waals surface area contributed by atoms with E-state index in [4.69, 9.17) is 14.2 Å². The van der Waals surface area contributed by atoms with Gasteiger partial charge in [0.15, 0.2) is 17.6 Å². The van der Waals surface area contributed by atoms with Crippen molar-refractivity contribution in [2.45, 2.75) is 53.2 Å². The number of amides is 1. The first kappa shape index (κ1) is 21.6. The molecule has 2 atom stereocenters. The van der Waals surface area contributed by atoms with Crippen LogP contribution in [0.25, 0.3) is 0 Å². The maximum atomic E-state index is 12.7. The molecule has 0 unspecified atom stereocenters. The third kappa shape index (κ3) is 5.91. The highest BCUT2D eigenvalue weighted by molar-refractivity contribution is 5.81. The minimum absolute atomic E-state index is 0.136. The summed E-state index contributed by atoms with van der Waals surface area (Å²) < 4.78 is 17.2. The Morgan fingerprint density at radius 3 is 2.36 bits per heavy atom. The van der Waals surface area contributed by atoms with Crippen molar-refractivity contribution in [2.24, 2.45) is 0 Å². The second kappa shape index (κ2) is 10.6. The molecular weight excluding hydrogens is 354 g/mol. The molecule has 2 aromatic rings. The number of aryl methyl sites for hydroxylation is 1. The zero-order valence-corrected chi connectivity index (χ0v) is 17.5. The first-order chi connectivity index (χ1) is 13.5. The summed E-state index contributed by atoms with van der Waals surface area (Å²) in [5.41, 5.74) is 2.05. The van der Waals surface area contributed by atoms with Crippen LogP contribution in [0.15, 0.2) is 42.5 Å². The van der Waals surface area contributed by atoms with E-state index in [9.17, 15) is 4.79 Å². The molecule has 1 amide bonds. The number of carbonyl (C=O) groups excluding carboxylic acids is 1. The monoisotopic (exact) mass is 385 g/mol. The van der Waals surface area contributed by atoms with E-state index in [1.165, 1.54) is 0 Å². The van der Waals surface area contributed by atoms with Gasteiger partial charge in [-0.15, -0.1) is 0 Å². The average Bonchev–Trinajstić information content (AvgIpc) is 2.67. The van der Waals surface area contributed by atoms with E-state index in [1.807, 2.05) is 77.1 Å². The maximum Gasteiger partial charge on any atom is 0.261 e. The highest BCUT2D eigenvalue weighted by atomic mass is 16.5. The highest BCUT2D eigenvalue weighted by Gasteiger charge is 2.21. The Hall–Kier alpha value is -2.69. The van der Waals surface area contributed by atoms with Crippen LogP contribution >= 0.6 is 0 Å². The lowest BCUT2D eigenvalue weighted by atomic mass is 10.1. The predicted octanol–water partition coefficient (Wildman–Crippen LogP) is 4.83. The van der Waals surface area contributed by atoms with Gasteiger partial charge in [0.1, 0.15) is 5.75 Å². The molecule has 0 fully saturated rings. The van der Waals surface area contributed by atoms with Crippen LogP contribution in [-0.4, -0.2) is 25.2 Å².